The van der Waals surface area contributed by atoms with E-state index < -0.39 is 0 Å². The van der Waals surface area contributed by atoms with Gasteiger partial charge in [0.15, 0.2) is 0 Å². The van der Waals surface area contributed by atoms with Crippen molar-refractivity contribution in [1.82, 2.24) is 5.32 Å². The van der Waals surface area contributed by atoms with Crippen LogP contribution in [0.4, 0.5) is 0 Å². The summed E-state index contributed by atoms with van der Waals surface area (Å²) in [6.07, 6.45) is 6.58. The van der Waals surface area contributed by atoms with Crippen molar-refractivity contribution in [2.45, 2.75) is 37.7 Å². The van der Waals surface area contributed by atoms with Gasteiger partial charge in [-0.25, -0.2) is 0 Å². The summed E-state index contributed by atoms with van der Waals surface area (Å²) in [4.78, 5) is 11.8. The van der Waals surface area contributed by atoms with Crippen LogP contribution in [-0.4, -0.2) is 38.0 Å². The largest absolute Gasteiger partial charge is 0.493 e. The molecule has 2 unspecified atom stereocenters. The first kappa shape index (κ1) is 18.5. The van der Waals surface area contributed by atoms with Gasteiger partial charge in [-0.05, 0) is 49.3 Å². The fraction of sp³-hybridized carbons (Fsp3) is 0.500. The molecule has 0 bridgehead atoms. The number of rotatable bonds is 8. The molecule has 4 N–H and O–H groups in total. The monoisotopic (exact) mass is 357 g/mol. The molecule has 2 aliphatic rings. The number of carbonyl (C=O) groups excluding carboxylic acids is 1. The van der Waals surface area contributed by atoms with Crippen molar-refractivity contribution in [3.63, 3.8) is 0 Å². The van der Waals surface area contributed by atoms with Gasteiger partial charge >= 0.3 is 0 Å². The van der Waals surface area contributed by atoms with Gasteiger partial charge < -0.3 is 25.9 Å². The van der Waals surface area contributed by atoms with Gasteiger partial charge in [0.05, 0.1) is 24.9 Å². The topological polar surface area (TPSA) is 97.4 Å². The van der Waals surface area contributed by atoms with Crippen molar-refractivity contribution < 1.29 is 14.3 Å². The summed E-state index contributed by atoms with van der Waals surface area (Å²) in [5.41, 5.74) is 6.87. The third-order valence-electron chi connectivity index (χ3n) is 4.97. The first-order valence-corrected chi connectivity index (χ1v) is 9.24. The number of benzene rings is 1. The predicted octanol–water partition coefficient (Wildman–Crippen LogP) is 2.35. The van der Waals surface area contributed by atoms with E-state index in [1.54, 1.807) is 0 Å². The van der Waals surface area contributed by atoms with Crippen LogP contribution < -0.4 is 15.8 Å². The molecule has 6 nitrogen and oxygen atoms in total. The lowest BCUT2D eigenvalue weighted by Crippen LogP contribution is -2.39. The quantitative estimate of drug-likeness (QED) is 0.491. The number of carbonyl (C=O) groups is 1. The number of nitrogens with one attached hydrogen (secondary N) is 2. The second kappa shape index (κ2) is 8.85. The van der Waals surface area contributed by atoms with Gasteiger partial charge in [-0.3, -0.25) is 4.79 Å². The maximum Gasteiger partial charge on any atom is 0.254 e. The van der Waals surface area contributed by atoms with Gasteiger partial charge in [-0.15, -0.1) is 0 Å². The van der Waals surface area contributed by atoms with Crippen molar-refractivity contribution in [2.24, 2.45) is 11.7 Å². The summed E-state index contributed by atoms with van der Waals surface area (Å²) in [5.74, 6) is 1.71. The summed E-state index contributed by atoms with van der Waals surface area (Å²) in [6, 6.07) is 8.45. The zero-order valence-electron chi connectivity index (χ0n) is 14.9. The number of amides is 1. The van der Waals surface area contributed by atoms with Gasteiger partial charge in [0.25, 0.3) is 5.91 Å². The Labute approximate surface area is 154 Å². The second-order valence-corrected chi connectivity index (χ2v) is 7.03. The molecule has 1 heterocycles. The highest BCUT2D eigenvalue weighted by Gasteiger charge is 2.24. The molecule has 1 saturated heterocycles. The molecule has 0 radical (unpaired) electrons. The highest BCUT2D eigenvalue weighted by molar-refractivity contribution is 6.11. The van der Waals surface area contributed by atoms with Crippen LogP contribution in [0.2, 0.25) is 0 Å². The fourth-order valence-corrected chi connectivity index (χ4v) is 3.12. The van der Waals surface area contributed by atoms with Gasteiger partial charge in [-0.2, -0.15) is 0 Å². The van der Waals surface area contributed by atoms with E-state index >= 15 is 0 Å². The molecule has 1 aliphatic heterocycles. The molecule has 140 valence electrons. The first-order valence-electron chi connectivity index (χ1n) is 9.24. The molecular formula is C20H27N3O3. The highest BCUT2D eigenvalue weighted by atomic mass is 16.5. The Balaban J connectivity index is 1.34. The molecule has 0 spiro atoms. The third kappa shape index (κ3) is 5.08. The second-order valence-electron chi connectivity index (χ2n) is 7.03. The van der Waals surface area contributed by atoms with Crippen LogP contribution in [0.3, 0.4) is 0 Å². The summed E-state index contributed by atoms with van der Waals surface area (Å²) in [7, 11) is 0. The number of hydrogen-bond donors (Lipinski definition) is 3. The lowest BCUT2D eigenvalue weighted by molar-refractivity contribution is -0.118. The minimum absolute atomic E-state index is 0.00205. The van der Waals surface area contributed by atoms with Crippen LogP contribution in [0.1, 0.15) is 37.2 Å². The van der Waals surface area contributed by atoms with Gasteiger partial charge in [0.2, 0.25) is 0 Å². The van der Waals surface area contributed by atoms with E-state index in [2.05, 4.69) is 29.6 Å². The first-order chi connectivity index (χ1) is 12.7. The van der Waals surface area contributed by atoms with Crippen LogP contribution in [0, 0.1) is 11.3 Å². The molecule has 0 aromatic heterocycles. The Bertz CT molecular complexity index is 645. The van der Waals surface area contributed by atoms with E-state index in [4.69, 9.17) is 20.6 Å². The Morgan fingerprint density at radius 1 is 1.27 bits per heavy atom. The summed E-state index contributed by atoms with van der Waals surface area (Å²) in [6.45, 7) is 1.71. The van der Waals surface area contributed by atoms with E-state index in [9.17, 15) is 4.79 Å². The number of nitrogens with two attached hydrogens (primary N) is 1. The molecule has 3 rings (SSSR count). The summed E-state index contributed by atoms with van der Waals surface area (Å²) >= 11 is 0. The summed E-state index contributed by atoms with van der Waals surface area (Å²) < 4.78 is 11.7. The lowest BCUT2D eigenvalue weighted by atomic mass is 9.99. The van der Waals surface area contributed by atoms with Crippen LogP contribution in [0.25, 0.3) is 0 Å². The average molecular weight is 357 g/mol. The SMILES string of the molecule is N=C/C(=C\N)C(=O)NCC1CCC(COc2ccc(C3CC3)cc2)CO1. The fourth-order valence-electron chi connectivity index (χ4n) is 3.12. The van der Waals surface area contributed by atoms with Crippen LogP contribution in [0.15, 0.2) is 36.0 Å². The molecule has 1 aromatic rings. The minimum Gasteiger partial charge on any atom is -0.493 e. The predicted molar refractivity (Wildman–Crippen MR) is 100 cm³/mol. The molecule has 2 atom stereocenters. The molecule has 1 amide bonds. The Kier molecular flexibility index (Phi) is 6.28. The number of ether oxygens (including phenoxy) is 2. The van der Waals surface area contributed by atoms with E-state index in [0.717, 1.165) is 36.9 Å². The minimum atomic E-state index is -0.341. The Hall–Kier alpha value is -2.34. The highest BCUT2D eigenvalue weighted by Crippen LogP contribution is 2.40. The summed E-state index contributed by atoms with van der Waals surface area (Å²) in [5, 5.41) is 9.86. The van der Waals surface area contributed by atoms with Crippen LogP contribution in [0.5, 0.6) is 5.75 Å². The Morgan fingerprint density at radius 2 is 2.04 bits per heavy atom. The van der Waals surface area contributed by atoms with Crippen molar-refractivity contribution in [3.8, 4) is 5.75 Å². The number of hydrogen-bond acceptors (Lipinski definition) is 5. The van der Waals surface area contributed by atoms with Crippen LogP contribution in [-0.2, 0) is 9.53 Å². The zero-order valence-corrected chi connectivity index (χ0v) is 14.9. The van der Waals surface area contributed by atoms with Crippen molar-refractivity contribution >= 4 is 12.1 Å². The van der Waals surface area contributed by atoms with Crippen molar-refractivity contribution in [1.29, 1.82) is 5.41 Å². The molecule has 1 saturated carbocycles. The third-order valence-corrected chi connectivity index (χ3v) is 4.97. The van der Waals surface area contributed by atoms with Crippen molar-refractivity contribution in [2.75, 3.05) is 19.8 Å². The van der Waals surface area contributed by atoms with Crippen LogP contribution >= 0.6 is 0 Å². The molecular weight excluding hydrogens is 330 g/mol. The van der Waals surface area contributed by atoms with E-state index in [1.165, 1.54) is 18.4 Å². The maximum absolute atomic E-state index is 11.8. The molecule has 26 heavy (non-hydrogen) atoms. The standard InChI is InChI=1S/C20H27N3O3/c21-9-17(10-22)20(24)23-11-19-6-1-14(13-26-19)12-25-18-7-4-16(5-8-18)15-2-3-15/h4-5,7-10,14-15,19,21H,1-3,6,11-13,22H2,(H,23,24)/b17-10+,21-9?. The molecule has 6 heteroatoms. The lowest BCUT2D eigenvalue weighted by Gasteiger charge is -2.29. The Morgan fingerprint density at radius 3 is 2.62 bits per heavy atom. The van der Waals surface area contributed by atoms with Gasteiger partial charge in [0, 0.05) is 24.9 Å². The maximum atomic E-state index is 11.8. The molecule has 1 aromatic carbocycles. The average Bonchev–Trinajstić information content (AvgIpc) is 3.52. The molecule has 1 aliphatic carbocycles. The van der Waals surface area contributed by atoms with E-state index in [1.807, 2.05) is 0 Å². The zero-order chi connectivity index (χ0) is 18.4. The van der Waals surface area contributed by atoms with E-state index in [-0.39, 0.29) is 17.6 Å². The molecule has 2 fully saturated rings. The van der Waals surface area contributed by atoms with E-state index in [0.29, 0.717) is 25.7 Å². The van der Waals surface area contributed by atoms with Gasteiger partial charge in [-0.1, -0.05) is 12.1 Å². The smallest absolute Gasteiger partial charge is 0.254 e. The van der Waals surface area contributed by atoms with Crippen molar-refractivity contribution in [3.05, 3.63) is 41.6 Å². The normalized spacial score (nSPS) is 23.3. The van der Waals surface area contributed by atoms with Gasteiger partial charge in [0.1, 0.15) is 5.75 Å².